The maximum atomic E-state index is 12.7. The minimum absolute atomic E-state index is 0.0898. The lowest BCUT2D eigenvalue weighted by atomic mass is 9.89. The fraction of sp³-hybridized carbons (Fsp3) is 0.588. The molecule has 0 atom stereocenters. The Labute approximate surface area is 142 Å². The lowest BCUT2D eigenvalue weighted by Gasteiger charge is -2.41. The molecule has 2 saturated heterocycles. The number of piperazine rings is 1. The van der Waals surface area contributed by atoms with Crippen LogP contribution in [-0.4, -0.2) is 60.6 Å². The molecule has 126 valence electrons. The second kappa shape index (κ2) is 7.18. The Bertz CT molecular complexity index is 535. The van der Waals surface area contributed by atoms with Crippen molar-refractivity contribution in [3.63, 3.8) is 0 Å². The van der Waals surface area contributed by atoms with Crippen LogP contribution in [0, 0.1) is 0 Å². The molecule has 6 heteroatoms. The predicted molar refractivity (Wildman–Crippen MR) is 90.3 cm³/mol. The van der Waals surface area contributed by atoms with Crippen molar-refractivity contribution in [2.75, 3.05) is 39.4 Å². The number of carbonyl (C=O) groups excluding carboxylic acids is 1. The number of rotatable bonds is 3. The molecular weight excluding hydrogens is 314 g/mol. The second-order valence-electron chi connectivity index (χ2n) is 6.46. The molecular formula is C17H24ClN3O2. The highest BCUT2D eigenvalue weighted by Gasteiger charge is 2.39. The molecule has 0 bridgehead atoms. The van der Waals surface area contributed by atoms with E-state index in [0.29, 0.717) is 26.1 Å². The van der Waals surface area contributed by atoms with Crippen LogP contribution in [0.4, 0.5) is 0 Å². The number of hydrogen-bond acceptors (Lipinski definition) is 4. The monoisotopic (exact) mass is 337 g/mol. The first-order valence-electron chi connectivity index (χ1n) is 8.20. The van der Waals surface area contributed by atoms with Crippen molar-refractivity contribution >= 4 is 17.5 Å². The third kappa shape index (κ3) is 4.04. The van der Waals surface area contributed by atoms with E-state index in [1.165, 1.54) is 5.56 Å². The number of hydrogen-bond donors (Lipinski definition) is 1. The van der Waals surface area contributed by atoms with Gasteiger partial charge in [0, 0.05) is 51.0 Å². The van der Waals surface area contributed by atoms with Gasteiger partial charge in [-0.25, -0.2) is 0 Å². The fourth-order valence-corrected chi connectivity index (χ4v) is 3.35. The minimum atomic E-state index is -0.726. The summed E-state index contributed by atoms with van der Waals surface area (Å²) in [7, 11) is 0. The lowest BCUT2D eigenvalue weighted by Crippen LogP contribution is -2.61. The van der Waals surface area contributed by atoms with Crippen molar-refractivity contribution in [2.45, 2.75) is 24.9 Å². The number of ether oxygens (including phenoxy) is 1. The molecule has 5 nitrogen and oxygen atoms in total. The summed E-state index contributed by atoms with van der Waals surface area (Å²) in [6, 6.07) is 7.94. The van der Waals surface area contributed by atoms with Crippen LogP contribution < -0.4 is 5.73 Å². The number of nitrogens with zero attached hydrogens (tertiary/aromatic N) is 2. The van der Waals surface area contributed by atoms with Crippen molar-refractivity contribution in [1.29, 1.82) is 0 Å². The Hall–Kier alpha value is -1.14. The molecule has 2 aliphatic rings. The van der Waals surface area contributed by atoms with E-state index in [0.717, 1.165) is 37.7 Å². The minimum Gasteiger partial charge on any atom is -0.381 e. The van der Waals surface area contributed by atoms with E-state index in [1.807, 2.05) is 17.0 Å². The number of halogens is 1. The molecule has 2 N–H and O–H groups in total. The summed E-state index contributed by atoms with van der Waals surface area (Å²) in [4.78, 5) is 17.0. The van der Waals surface area contributed by atoms with Gasteiger partial charge in [-0.2, -0.15) is 0 Å². The van der Waals surface area contributed by atoms with Crippen LogP contribution in [-0.2, 0) is 16.1 Å². The molecule has 0 aromatic heterocycles. The lowest BCUT2D eigenvalue weighted by molar-refractivity contribution is -0.142. The van der Waals surface area contributed by atoms with E-state index in [9.17, 15) is 4.79 Å². The van der Waals surface area contributed by atoms with Crippen molar-refractivity contribution in [2.24, 2.45) is 5.73 Å². The third-order valence-corrected chi connectivity index (χ3v) is 5.04. The molecule has 0 spiro atoms. The van der Waals surface area contributed by atoms with Crippen LogP contribution in [0.5, 0.6) is 0 Å². The molecule has 1 aromatic carbocycles. The van der Waals surface area contributed by atoms with Gasteiger partial charge in [-0.05, 0) is 30.5 Å². The summed E-state index contributed by atoms with van der Waals surface area (Å²) < 4.78 is 5.33. The third-order valence-electron chi connectivity index (χ3n) is 4.79. The molecule has 0 aliphatic carbocycles. The van der Waals surface area contributed by atoms with Crippen LogP contribution in [0.25, 0.3) is 0 Å². The number of benzene rings is 1. The zero-order valence-corrected chi connectivity index (χ0v) is 14.1. The van der Waals surface area contributed by atoms with E-state index >= 15 is 0 Å². The molecule has 0 saturated carbocycles. The maximum absolute atomic E-state index is 12.7. The predicted octanol–water partition coefficient (Wildman–Crippen LogP) is 1.49. The highest BCUT2D eigenvalue weighted by atomic mass is 35.5. The van der Waals surface area contributed by atoms with E-state index in [-0.39, 0.29) is 5.91 Å². The molecule has 1 aromatic rings. The zero-order chi connectivity index (χ0) is 16.3. The van der Waals surface area contributed by atoms with E-state index in [4.69, 9.17) is 22.1 Å². The second-order valence-corrected chi connectivity index (χ2v) is 6.90. The Morgan fingerprint density at radius 2 is 1.74 bits per heavy atom. The van der Waals surface area contributed by atoms with Crippen molar-refractivity contribution in [1.82, 2.24) is 9.80 Å². The maximum Gasteiger partial charge on any atom is 0.242 e. The molecule has 2 fully saturated rings. The topological polar surface area (TPSA) is 58.8 Å². The van der Waals surface area contributed by atoms with Gasteiger partial charge in [0.25, 0.3) is 0 Å². The van der Waals surface area contributed by atoms with Crippen LogP contribution in [0.3, 0.4) is 0 Å². The van der Waals surface area contributed by atoms with E-state index < -0.39 is 5.54 Å². The van der Waals surface area contributed by atoms with Crippen molar-refractivity contribution in [3.8, 4) is 0 Å². The van der Waals surface area contributed by atoms with Gasteiger partial charge in [0.05, 0.1) is 5.54 Å². The summed E-state index contributed by atoms with van der Waals surface area (Å²) in [5, 5.41) is 0.758. The number of nitrogens with two attached hydrogens (primary N) is 1. The molecule has 0 radical (unpaired) electrons. The Morgan fingerprint density at radius 3 is 2.35 bits per heavy atom. The zero-order valence-electron chi connectivity index (χ0n) is 13.3. The number of carbonyl (C=O) groups is 1. The average molecular weight is 338 g/mol. The van der Waals surface area contributed by atoms with Crippen LogP contribution in [0.15, 0.2) is 24.3 Å². The van der Waals surface area contributed by atoms with Gasteiger partial charge in [0.1, 0.15) is 0 Å². The van der Waals surface area contributed by atoms with Gasteiger partial charge in [-0.3, -0.25) is 9.69 Å². The molecule has 2 aliphatic heterocycles. The van der Waals surface area contributed by atoms with Crippen LogP contribution in [0.1, 0.15) is 18.4 Å². The molecule has 23 heavy (non-hydrogen) atoms. The molecule has 3 rings (SSSR count). The first-order chi connectivity index (χ1) is 11.1. The van der Waals surface area contributed by atoms with E-state index in [2.05, 4.69) is 17.0 Å². The molecule has 2 heterocycles. The summed E-state index contributed by atoms with van der Waals surface area (Å²) in [5.41, 5.74) is 6.83. The summed E-state index contributed by atoms with van der Waals surface area (Å²) in [5.74, 6) is 0.0898. The van der Waals surface area contributed by atoms with Crippen molar-refractivity contribution < 1.29 is 9.53 Å². The first kappa shape index (κ1) is 16.7. The Morgan fingerprint density at radius 1 is 1.13 bits per heavy atom. The SMILES string of the molecule is NC1(C(=O)N2CCN(Cc3ccc(Cl)cc3)CC2)CCOCC1. The van der Waals surface area contributed by atoms with Crippen LogP contribution in [0.2, 0.25) is 5.02 Å². The largest absolute Gasteiger partial charge is 0.381 e. The van der Waals surface area contributed by atoms with Gasteiger partial charge in [0.15, 0.2) is 0 Å². The van der Waals surface area contributed by atoms with Crippen molar-refractivity contribution in [3.05, 3.63) is 34.9 Å². The van der Waals surface area contributed by atoms with Gasteiger partial charge >= 0.3 is 0 Å². The smallest absolute Gasteiger partial charge is 0.242 e. The Balaban J connectivity index is 1.51. The standard InChI is InChI=1S/C17H24ClN3O2/c18-15-3-1-14(2-4-15)13-20-7-9-21(10-8-20)16(22)17(19)5-11-23-12-6-17/h1-4H,5-13,19H2. The van der Waals surface area contributed by atoms with Gasteiger partial charge in [-0.1, -0.05) is 23.7 Å². The molecule has 0 unspecified atom stereocenters. The highest BCUT2D eigenvalue weighted by molar-refractivity contribution is 6.30. The first-order valence-corrected chi connectivity index (χ1v) is 8.57. The Kier molecular flexibility index (Phi) is 5.21. The summed E-state index contributed by atoms with van der Waals surface area (Å²) in [6.07, 6.45) is 1.24. The van der Waals surface area contributed by atoms with Gasteiger partial charge in [0.2, 0.25) is 5.91 Å². The summed E-state index contributed by atoms with van der Waals surface area (Å²) in [6.45, 7) is 5.29. The van der Waals surface area contributed by atoms with Gasteiger partial charge < -0.3 is 15.4 Å². The van der Waals surface area contributed by atoms with Crippen LogP contribution >= 0.6 is 11.6 Å². The van der Waals surface area contributed by atoms with Gasteiger partial charge in [-0.15, -0.1) is 0 Å². The number of amides is 1. The van der Waals surface area contributed by atoms with E-state index in [1.54, 1.807) is 0 Å². The molecule has 1 amide bonds. The average Bonchev–Trinajstić information content (AvgIpc) is 2.58. The summed E-state index contributed by atoms with van der Waals surface area (Å²) >= 11 is 5.92. The normalized spacial score (nSPS) is 22.1. The highest BCUT2D eigenvalue weighted by Crippen LogP contribution is 2.21. The fourth-order valence-electron chi connectivity index (χ4n) is 3.22. The quantitative estimate of drug-likeness (QED) is 0.908.